The molecule has 11 aromatic carbocycles. The van der Waals surface area contributed by atoms with Gasteiger partial charge in [0.25, 0.3) is 0 Å². The minimum atomic E-state index is 0.547. The van der Waals surface area contributed by atoms with Crippen molar-refractivity contribution in [3.05, 3.63) is 243 Å². The Morgan fingerprint density at radius 3 is 1.66 bits per heavy atom. The third-order valence-electron chi connectivity index (χ3n) is 15.1. The van der Waals surface area contributed by atoms with Crippen molar-refractivity contribution in [3.63, 3.8) is 0 Å². The van der Waals surface area contributed by atoms with Gasteiger partial charge in [0.05, 0.1) is 11.0 Å². The van der Waals surface area contributed by atoms with Crippen LogP contribution in [0, 0.1) is 0 Å². The molecule has 0 saturated heterocycles. The lowest BCUT2D eigenvalue weighted by Gasteiger charge is -2.12. The van der Waals surface area contributed by atoms with Crippen molar-refractivity contribution < 1.29 is 8.83 Å². The second kappa shape index (κ2) is 16.8. The van der Waals surface area contributed by atoms with Crippen molar-refractivity contribution in [1.82, 2.24) is 19.5 Å². The Balaban J connectivity index is 0.814. The van der Waals surface area contributed by atoms with E-state index in [1.165, 1.54) is 47.5 Å². The van der Waals surface area contributed by atoms with Crippen LogP contribution in [0.15, 0.2) is 251 Å². The molecule has 0 spiro atoms. The zero-order valence-electron chi connectivity index (χ0n) is 40.6. The molecule has 0 aliphatic rings. The average Bonchev–Trinajstić information content (AvgIpc) is 4.27. The molecule has 0 fully saturated rings. The molecule has 6 nitrogen and oxygen atoms in total. The van der Waals surface area contributed by atoms with E-state index in [0.717, 1.165) is 94.1 Å². The van der Waals surface area contributed by atoms with Gasteiger partial charge in [-0.1, -0.05) is 158 Å². The second-order valence-corrected chi connectivity index (χ2v) is 20.5. The van der Waals surface area contributed by atoms with Crippen LogP contribution in [0.25, 0.3) is 159 Å². The quantitative estimate of drug-likeness (QED) is 0.159. The van der Waals surface area contributed by atoms with Crippen molar-refractivity contribution in [3.8, 4) is 73.2 Å². The van der Waals surface area contributed by atoms with Crippen LogP contribution in [-0.4, -0.2) is 19.5 Å². The molecule has 0 amide bonds. The molecule has 5 aromatic heterocycles. The van der Waals surface area contributed by atoms with Gasteiger partial charge >= 0.3 is 0 Å². The maximum Gasteiger partial charge on any atom is 0.164 e. The number of thiophene rings is 1. The standard InChI is InChI=1S/C69H40N4O2S/c1-3-15-41(16-4-1)67-70-68(45-30-34-52-51-33-29-44(39-61(51)75-62(52)40-45)49-23-14-28-64-66(49)53-22-10-12-27-63(53)76-64)72-69(71-67)54-24-13-26-60-65(54)56-38-43(32-36-59(56)74-60)48-20-8-7-19-47(48)42-31-35-58-55(37-42)50-21-9-11-25-57(50)73(58)46-17-5-2-6-18-46/h1-40H. The number of hydrogen-bond donors (Lipinski definition) is 0. The van der Waals surface area contributed by atoms with E-state index in [2.05, 4.69) is 205 Å². The van der Waals surface area contributed by atoms with Crippen LogP contribution in [0.5, 0.6) is 0 Å². The molecule has 5 heterocycles. The number of para-hydroxylation sites is 2. The van der Waals surface area contributed by atoms with Crippen LogP contribution < -0.4 is 0 Å². The van der Waals surface area contributed by atoms with Gasteiger partial charge in [-0.15, -0.1) is 11.3 Å². The second-order valence-electron chi connectivity index (χ2n) is 19.4. The summed E-state index contributed by atoms with van der Waals surface area (Å²) in [6.45, 7) is 0. The largest absolute Gasteiger partial charge is 0.456 e. The summed E-state index contributed by atoms with van der Waals surface area (Å²) in [5.41, 5.74) is 16.0. The van der Waals surface area contributed by atoms with Crippen molar-refractivity contribution >= 4 is 97.2 Å². The molecule has 76 heavy (non-hydrogen) atoms. The van der Waals surface area contributed by atoms with E-state index in [-0.39, 0.29) is 0 Å². The number of furan rings is 2. The summed E-state index contributed by atoms with van der Waals surface area (Å²) >= 11 is 1.83. The highest BCUT2D eigenvalue weighted by Gasteiger charge is 2.21. The van der Waals surface area contributed by atoms with Crippen LogP contribution in [0.3, 0.4) is 0 Å². The minimum Gasteiger partial charge on any atom is -0.456 e. The SMILES string of the molecule is c1ccc(-c2nc(-c3ccc4c(c3)oc3cc(-c5cccc6sc7ccccc7c56)ccc34)nc(-c3cccc4oc5ccc(-c6ccccc6-c6ccc7c(c6)c6ccccc6n7-c6ccccc6)cc5c34)n2)cc1. The summed E-state index contributed by atoms with van der Waals surface area (Å²) in [4.78, 5) is 15.7. The molecule has 0 saturated carbocycles. The number of rotatable bonds is 7. The van der Waals surface area contributed by atoms with Crippen LogP contribution in [-0.2, 0) is 0 Å². The van der Waals surface area contributed by atoms with Crippen molar-refractivity contribution in [2.24, 2.45) is 0 Å². The smallest absolute Gasteiger partial charge is 0.164 e. The summed E-state index contributed by atoms with van der Waals surface area (Å²) in [6, 6.07) is 85.7. The third-order valence-corrected chi connectivity index (χ3v) is 16.2. The molecule has 0 bridgehead atoms. The lowest BCUT2D eigenvalue weighted by Crippen LogP contribution is -2.00. The third kappa shape index (κ3) is 6.69. The fourth-order valence-electron chi connectivity index (χ4n) is 11.6. The summed E-state index contributed by atoms with van der Waals surface area (Å²) in [5, 5.41) is 9.00. The highest BCUT2D eigenvalue weighted by atomic mass is 32.1. The minimum absolute atomic E-state index is 0.547. The molecular weight excluding hydrogens is 949 g/mol. The highest BCUT2D eigenvalue weighted by molar-refractivity contribution is 7.25. The summed E-state index contributed by atoms with van der Waals surface area (Å²) in [6.07, 6.45) is 0. The molecule has 16 aromatic rings. The van der Waals surface area contributed by atoms with E-state index in [1.807, 2.05) is 53.8 Å². The molecule has 0 aliphatic heterocycles. The average molecular weight is 989 g/mol. The number of aromatic nitrogens is 4. The summed E-state index contributed by atoms with van der Waals surface area (Å²) in [7, 11) is 0. The lowest BCUT2D eigenvalue weighted by atomic mass is 9.92. The van der Waals surface area contributed by atoms with Gasteiger partial charge in [0, 0.05) is 74.9 Å². The van der Waals surface area contributed by atoms with Gasteiger partial charge in [0.2, 0.25) is 0 Å². The van der Waals surface area contributed by atoms with Crippen LogP contribution in [0.1, 0.15) is 0 Å². The zero-order chi connectivity index (χ0) is 49.8. The van der Waals surface area contributed by atoms with Gasteiger partial charge in [-0.2, -0.15) is 0 Å². The van der Waals surface area contributed by atoms with Crippen molar-refractivity contribution in [1.29, 1.82) is 0 Å². The van der Waals surface area contributed by atoms with E-state index < -0.39 is 0 Å². The Kier molecular flexibility index (Phi) is 9.40. The van der Waals surface area contributed by atoms with Gasteiger partial charge in [-0.25, -0.2) is 15.0 Å². The van der Waals surface area contributed by atoms with E-state index >= 15 is 0 Å². The molecule has 0 atom stereocenters. The fraction of sp³-hybridized carbons (Fsp3) is 0. The topological polar surface area (TPSA) is 69.9 Å². The maximum atomic E-state index is 6.74. The molecular formula is C69H40N4O2S. The lowest BCUT2D eigenvalue weighted by molar-refractivity contribution is 0.668. The van der Waals surface area contributed by atoms with Crippen LogP contribution >= 0.6 is 11.3 Å². The van der Waals surface area contributed by atoms with Gasteiger partial charge in [-0.05, 0) is 118 Å². The van der Waals surface area contributed by atoms with Gasteiger partial charge < -0.3 is 13.4 Å². The number of nitrogens with zero attached hydrogens (tertiary/aromatic N) is 4. The fourth-order valence-corrected chi connectivity index (χ4v) is 12.7. The molecule has 7 heteroatoms. The Labute approximate surface area is 439 Å². The Hall–Kier alpha value is -9.95. The Morgan fingerprint density at radius 2 is 0.842 bits per heavy atom. The van der Waals surface area contributed by atoms with E-state index in [0.29, 0.717) is 17.5 Å². The number of fused-ring (bicyclic) bond motifs is 12. The highest BCUT2D eigenvalue weighted by Crippen LogP contribution is 2.44. The first-order valence-electron chi connectivity index (χ1n) is 25.5. The predicted molar refractivity (Wildman–Crippen MR) is 314 cm³/mol. The Bertz CT molecular complexity index is 5010. The molecule has 16 rings (SSSR count). The first-order valence-corrected chi connectivity index (χ1v) is 26.3. The van der Waals surface area contributed by atoms with E-state index in [1.54, 1.807) is 0 Å². The maximum absolute atomic E-state index is 6.74. The van der Waals surface area contributed by atoms with Crippen molar-refractivity contribution in [2.75, 3.05) is 0 Å². The van der Waals surface area contributed by atoms with Crippen LogP contribution in [0.2, 0.25) is 0 Å². The first kappa shape index (κ1) is 42.5. The number of hydrogen-bond acceptors (Lipinski definition) is 6. The van der Waals surface area contributed by atoms with Gasteiger partial charge in [0.1, 0.15) is 22.3 Å². The Morgan fingerprint density at radius 1 is 0.289 bits per heavy atom. The zero-order valence-corrected chi connectivity index (χ0v) is 41.4. The normalized spacial score (nSPS) is 11.9. The monoisotopic (exact) mass is 988 g/mol. The van der Waals surface area contributed by atoms with Crippen molar-refractivity contribution in [2.45, 2.75) is 0 Å². The molecule has 0 radical (unpaired) electrons. The summed E-state index contributed by atoms with van der Waals surface area (Å²) < 4.78 is 18.3. The van der Waals surface area contributed by atoms with E-state index in [9.17, 15) is 0 Å². The predicted octanol–water partition coefficient (Wildman–Crippen LogP) is 19.1. The molecule has 354 valence electrons. The summed E-state index contributed by atoms with van der Waals surface area (Å²) in [5.74, 6) is 1.68. The first-order chi connectivity index (χ1) is 37.6. The van der Waals surface area contributed by atoms with Gasteiger partial charge in [0.15, 0.2) is 17.5 Å². The molecule has 0 N–H and O–H groups in total. The van der Waals surface area contributed by atoms with E-state index in [4.69, 9.17) is 23.8 Å². The number of benzene rings is 11. The molecule has 0 aliphatic carbocycles. The van der Waals surface area contributed by atoms with Gasteiger partial charge in [-0.3, -0.25) is 0 Å². The van der Waals surface area contributed by atoms with Crippen LogP contribution in [0.4, 0.5) is 0 Å². The molecule has 0 unspecified atom stereocenters.